The lowest BCUT2D eigenvalue weighted by molar-refractivity contribution is 0.0210. The van der Waals surface area contributed by atoms with Crippen molar-refractivity contribution in [2.24, 2.45) is 11.8 Å². The van der Waals surface area contributed by atoms with Gasteiger partial charge in [-0.2, -0.15) is 8.42 Å². The predicted molar refractivity (Wildman–Crippen MR) is 133 cm³/mol. The van der Waals surface area contributed by atoms with Crippen molar-refractivity contribution in [3.8, 4) is 23.0 Å². The second-order valence-corrected chi connectivity index (χ2v) is 10.5. The first-order chi connectivity index (χ1) is 17.1. The van der Waals surface area contributed by atoms with E-state index in [0.29, 0.717) is 22.6 Å². The van der Waals surface area contributed by atoms with E-state index in [1.807, 2.05) is 20.8 Å². The Kier molecular flexibility index (Phi) is 7.44. The highest BCUT2D eigenvalue weighted by Crippen LogP contribution is 2.41. The van der Waals surface area contributed by atoms with Crippen LogP contribution in [0.3, 0.4) is 0 Å². The Labute approximate surface area is 211 Å². The Morgan fingerprint density at radius 2 is 1.39 bits per heavy atom. The maximum absolute atomic E-state index is 12.7. The standard InChI is InChI=1S/C27H30O8S/c1-16-5-9-21(10-6-16)36(30,31)35-23-12-8-19(13-24(23)32-4)26(28)17(2)18(3)27(29)20-7-11-22-25(14-20)34-15-33-22/h5-14,17-18,26-29H,15H2,1-4H3/t17-,18+,26+,27-/m1/s1. The van der Waals surface area contributed by atoms with Crippen LogP contribution in [-0.2, 0) is 10.1 Å². The summed E-state index contributed by atoms with van der Waals surface area (Å²) in [7, 11) is -2.67. The largest absolute Gasteiger partial charge is 0.493 e. The maximum atomic E-state index is 12.7. The molecule has 36 heavy (non-hydrogen) atoms. The minimum atomic E-state index is -4.07. The average Bonchev–Trinajstić information content (AvgIpc) is 3.35. The minimum absolute atomic E-state index is 0.00937. The number of methoxy groups -OCH3 is 1. The van der Waals surface area contributed by atoms with E-state index in [0.717, 1.165) is 5.56 Å². The van der Waals surface area contributed by atoms with Crippen molar-refractivity contribution in [1.82, 2.24) is 0 Å². The number of ether oxygens (including phenoxy) is 3. The van der Waals surface area contributed by atoms with E-state index in [4.69, 9.17) is 18.4 Å². The number of hydrogen-bond acceptors (Lipinski definition) is 8. The third-order valence-corrected chi connectivity index (χ3v) is 7.85. The van der Waals surface area contributed by atoms with Crippen LogP contribution in [0, 0.1) is 18.8 Å². The molecule has 192 valence electrons. The lowest BCUT2D eigenvalue weighted by atomic mass is 9.81. The van der Waals surface area contributed by atoms with Gasteiger partial charge in [0.1, 0.15) is 4.90 Å². The number of hydrogen-bond donors (Lipinski definition) is 2. The summed E-state index contributed by atoms with van der Waals surface area (Å²) in [5.41, 5.74) is 2.09. The first-order valence-corrected chi connectivity index (χ1v) is 13.0. The first kappa shape index (κ1) is 25.8. The smallest absolute Gasteiger partial charge is 0.339 e. The van der Waals surface area contributed by atoms with Crippen molar-refractivity contribution in [2.75, 3.05) is 13.9 Å². The van der Waals surface area contributed by atoms with Crippen LogP contribution in [0.1, 0.15) is 42.7 Å². The topological polar surface area (TPSA) is 112 Å². The quantitative estimate of drug-likeness (QED) is 0.401. The van der Waals surface area contributed by atoms with Crippen molar-refractivity contribution in [2.45, 2.75) is 37.9 Å². The molecule has 8 nitrogen and oxygen atoms in total. The van der Waals surface area contributed by atoms with E-state index in [9.17, 15) is 18.6 Å². The summed E-state index contributed by atoms with van der Waals surface area (Å²) >= 11 is 0. The van der Waals surface area contributed by atoms with Crippen LogP contribution in [-0.4, -0.2) is 32.5 Å². The first-order valence-electron chi connectivity index (χ1n) is 11.6. The zero-order valence-electron chi connectivity index (χ0n) is 20.5. The van der Waals surface area contributed by atoms with E-state index in [2.05, 4.69) is 0 Å². The fraction of sp³-hybridized carbons (Fsp3) is 0.333. The van der Waals surface area contributed by atoms with Crippen LogP contribution >= 0.6 is 0 Å². The number of rotatable bonds is 9. The summed E-state index contributed by atoms with van der Waals surface area (Å²) < 4.78 is 46.8. The number of aryl methyl sites for hydroxylation is 1. The molecule has 0 spiro atoms. The molecule has 1 heterocycles. The second kappa shape index (κ2) is 10.4. The molecule has 0 saturated heterocycles. The molecule has 0 radical (unpaired) electrons. The molecule has 0 saturated carbocycles. The fourth-order valence-electron chi connectivity index (χ4n) is 4.09. The van der Waals surface area contributed by atoms with Crippen molar-refractivity contribution in [3.05, 3.63) is 77.4 Å². The molecule has 0 aliphatic carbocycles. The Hall–Kier alpha value is -3.27. The maximum Gasteiger partial charge on any atom is 0.339 e. The lowest BCUT2D eigenvalue weighted by Crippen LogP contribution is -2.23. The van der Waals surface area contributed by atoms with Gasteiger partial charge in [0.2, 0.25) is 6.79 Å². The molecule has 0 unspecified atom stereocenters. The van der Waals surface area contributed by atoms with Gasteiger partial charge >= 0.3 is 10.1 Å². The third kappa shape index (κ3) is 5.28. The molecule has 2 N–H and O–H groups in total. The number of benzene rings is 3. The van der Waals surface area contributed by atoms with Gasteiger partial charge in [-0.1, -0.05) is 43.7 Å². The summed E-state index contributed by atoms with van der Waals surface area (Å²) in [4.78, 5) is 0.0271. The summed E-state index contributed by atoms with van der Waals surface area (Å²) in [6.07, 6.45) is -1.81. The highest BCUT2D eigenvalue weighted by molar-refractivity contribution is 7.87. The van der Waals surface area contributed by atoms with E-state index in [-0.39, 0.29) is 35.0 Å². The monoisotopic (exact) mass is 514 g/mol. The summed E-state index contributed by atoms with van der Waals surface area (Å²) in [6.45, 7) is 5.70. The lowest BCUT2D eigenvalue weighted by Gasteiger charge is -2.29. The third-order valence-electron chi connectivity index (χ3n) is 6.60. The van der Waals surface area contributed by atoms with Gasteiger partial charge in [0.05, 0.1) is 19.3 Å². The van der Waals surface area contributed by atoms with E-state index in [1.54, 1.807) is 42.5 Å². The molecule has 3 aromatic carbocycles. The molecule has 3 aromatic rings. The summed E-state index contributed by atoms with van der Waals surface area (Å²) in [6, 6.07) is 16.2. The van der Waals surface area contributed by atoms with Crippen LogP contribution in [0.25, 0.3) is 0 Å². The van der Waals surface area contributed by atoms with Crippen molar-refractivity contribution in [3.63, 3.8) is 0 Å². The summed E-state index contributed by atoms with van der Waals surface area (Å²) in [5.74, 6) is 0.689. The molecule has 9 heteroatoms. The molecule has 0 aromatic heterocycles. The average molecular weight is 515 g/mol. The molecule has 4 atom stereocenters. The number of aliphatic hydroxyl groups is 2. The molecule has 0 amide bonds. The van der Waals surface area contributed by atoms with Gasteiger partial charge in [-0.15, -0.1) is 0 Å². The molecule has 1 aliphatic rings. The molecular formula is C27H30O8S. The number of aliphatic hydroxyl groups excluding tert-OH is 2. The van der Waals surface area contributed by atoms with Crippen LogP contribution < -0.4 is 18.4 Å². The fourth-order valence-corrected chi connectivity index (χ4v) is 5.03. The zero-order valence-corrected chi connectivity index (χ0v) is 21.4. The van der Waals surface area contributed by atoms with Gasteiger partial charge in [0, 0.05) is 0 Å². The van der Waals surface area contributed by atoms with Crippen LogP contribution in [0.2, 0.25) is 0 Å². The molecule has 1 aliphatic heterocycles. The van der Waals surface area contributed by atoms with Crippen LogP contribution in [0.5, 0.6) is 23.0 Å². The van der Waals surface area contributed by atoms with Gasteiger partial charge in [-0.05, 0) is 66.3 Å². The van der Waals surface area contributed by atoms with E-state index >= 15 is 0 Å². The Balaban J connectivity index is 1.51. The van der Waals surface area contributed by atoms with Gasteiger partial charge in [0.25, 0.3) is 0 Å². The van der Waals surface area contributed by atoms with Gasteiger partial charge in [-0.25, -0.2) is 0 Å². The van der Waals surface area contributed by atoms with Gasteiger partial charge in [0.15, 0.2) is 23.0 Å². The second-order valence-electron chi connectivity index (χ2n) is 8.98. The highest BCUT2D eigenvalue weighted by Gasteiger charge is 2.30. The highest BCUT2D eigenvalue weighted by atomic mass is 32.2. The molecule has 0 bridgehead atoms. The number of fused-ring (bicyclic) bond motifs is 1. The Morgan fingerprint density at radius 1 is 0.806 bits per heavy atom. The van der Waals surface area contributed by atoms with Gasteiger partial charge < -0.3 is 28.6 Å². The Bertz CT molecular complexity index is 1320. The Morgan fingerprint density at radius 3 is 2.03 bits per heavy atom. The van der Waals surface area contributed by atoms with Crippen molar-refractivity contribution < 1.29 is 37.0 Å². The van der Waals surface area contributed by atoms with Gasteiger partial charge in [-0.3, -0.25) is 0 Å². The van der Waals surface area contributed by atoms with Crippen LogP contribution in [0.15, 0.2) is 65.6 Å². The zero-order chi connectivity index (χ0) is 26.0. The van der Waals surface area contributed by atoms with Crippen molar-refractivity contribution >= 4 is 10.1 Å². The molecule has 0 fully saturated rings. The molecule has 4 rings (SSSR count). The summed E-state index contributed by atoms with van der Waals surface area (Å²) in [5, 5.41) is 22.1. The molecular weight excluding hydrogens is 484 g/mol. The normalized spacial score (nSPS) is 16.2. The SMILES string of the molecule is COc1cc([C@@H](O)[C@H](C)[C@H](C)[C@@H](O)c2ccc3c(c2)OCO3)ccc1OS(=O)(=O)c1ccc(C)cc1. The predicted octanol–water partition coefficient (Wildman–Crippen LogP) is 4.54. The van der Waals surface area contributed by atoms with Crippen LogP contribution in [0.4, 0.5) is 0 Å². The van der Waals surface area contributed by atoms with E-state index in [1.165, 1.54) is 25.3 Å². The van der Waals surface area contributed by atoms with Crippen molar-refractivity contribution in [1.29, 1.82) is 0 Å². The minimum Gasteiger partial charge on any atom is -0.493 e. The van der Waals surface area contributed by atoms with E-state index < -0.39 is 22.3 Å².